The van der Waals surface area contributed by atoms with E-state index >= 15 is 0 Å². The van der Waals surface area contributed by atoms with Gasteiger partial charge in [0.05, 0.1) is 77.5 Å². The number of pyridine rings is 2. The number of aldehydes is 1. The number of aromatic carboxylic acids is 1. The molecule has 23 nitrogen and oxygen atoms in total. The Morgan fingerprint density at radius 3 is 0.953 bits per heavy atom. The van der Waals surface area contributed by atoms with E-state index in [4.69, 9.17) is 15.3 Å². The van der Waals surface area contributed by atoms with Crippen molar-refractivity contribution in [2.45, 2.75) is 60.8 Å². The normalized spacial score (nSPS) is 10.4. The molecule has 128 heavy (non-hydrogen) atoms. The average Bonchev–Trinajstić information content (AvgIpc) is 1.61. The first kappa shape index (κ1) is 96.4. The fourth-order valence-corrected chi connectivity index (χ4v) is 14.4. The third-order valence-electron chi connectivity index (χ3n) is 19.9. The molecule has 0 amide bonds. The van der Waals surface area contributed by atoms with E-state index in [0.29, 0.717) is 23.5 Å². The molecule has 4 radical (unpaired) electrons. The predicted octanol–water partition coefficient (Wildman–Crippen LogP) is 20.5. The Labute approximate surface area is 792 Å². The minimum absolute atomic E-state index is 0. The van der Waals surface area contributed by atoms with Crippen molar-refractivity contribution in [1.29, 1.82) is 0 Å². The number of nitrogens with zero attached hydrogens (tertiary/aromatic N) is 18. The molecule has 0 aliphatic carbocycles. The number of aryl methyl sites for hydroxylation is 5. The van der Waals surface area contributed by atoms with Crippen molar-refractivity contribution in [3.05, 3.63) is 364 Å². The van der Waals surface area contributed by atoms with Gasteiger partial charge in [-0.25, -0.2) is 29.7 Å². The summed E-state index contributed by atoms with van der Waals surface area (Å²) in [4.78, 5) is 71.9. The summed E-state index contributed by atoms with van der Waals surface area (Å²) >= 11 is 0. The van der Waals surface area contributed by atoms with Crippen LogP contribution in [0, 0.1) is 31.2 Å². The summed E-state index contributed by atoms with van der Waals surface area (Å²) in [5.41, 5.74) is 22.9. The van der Waals surface area contributed by atoms with Crippen molar-refractivity contribution < 1.29 is 105 Å². The monoisotopic (exact) mass is 2400 g/mol. The predicted molar refractivity (Wildman–Crippen MR) is 490 cm³/mol. The zero-order valence-corrected chi connectivity index (χ0v) is 79.6. The van der Waals surface area contributed by atoms with Gasteiger partial charge < -0.3 is 43.7 Å². The number of hydrogen-bond acceptors (Lipinski definition) is 17. The number of phenols is 2. The van der Waals surface area contributed by atoms with E-state index in [0.717, 1.165) is 127 Å². The van der Waals surface area contributed by atoms with Crippen molar-refractivity contribution >= 4 is 106 Å². The number of fused-ring (bicyclic) bond motifs is 12. The molecule has 27 heteroatoms. The Hall–Kier alpha value is -13.8. The standard InChI is InChI=1S/4C18H14N3.C8H7N4.C8H9NO.C7H6O2.C6H5NO2.4Ir/c4*1-2-21-15-11-7-6-10-14(15)17-18(21)16(19-12-20-17)13-8-4-3-5-9-13;1-6-10-8(12-11-6)7-4-2-3-5-9-7;1-9-6-7-4-2-3-5-8(7)10;8-5-6-3-1-2-4-7(6)9;8-6(9)5-3-1-2-4-7-5;;;;/h4*3-8,10-12H,2H2,1H3;2-5H,1H3;2-6,10H,1H3;1-5,9H;1-4H,(H,8,9);;;;/q5*-1;;;;;;;. The number of aromatic hydroxyl groups is 2. The molecule has 11 heterocycles. The first-order valence-corrected chi connectivity index (χ1v) is 40.0. The fourth-order valence-electron chi connectivity index (χ4n) is 14.4. The number of carboxylic acids is 1. The van der Waals surface area contributed by atoms with Crippen LogP contribution in [0.5, 0.6) is 11.5 Å². The summed E-state index contributed by atoms with van der Waals surface area (Å²) < 4.78 is 9.11. The molecule has 0 spiro atoms. The third-order valence-corrected chi connectivity index (χ3v) is 19.9. The smallest absolute Gasteiger partial charge is 0.354 e. The molecule has 0 unspecified atom stereocenters. The van der Waals surface area contributed by atoms with Gasteiger partial charge in [-0.05, 0) is 113 Å². The molecule has 10 aromatic carbocycles. The number of aromatic nitrogens is 17. The van der Waals surface area contributed by atoms with Gasteiger partial charge in [-0.3, -0.25) is 39.8 Å². The van der Waals surface area contributed by atoms with Crippen LogP contribution in [0.3, 0.4) is 0 Å². The van der Waals surface area contributed by atoms with Gasteiger partial charge in [-0.2, -0.15) is 0 Å². The van der Waals surface area contributed by atoms with Crippen molar-refractivity contribution in [2.24, 2.45) is 4.99 Å². The van der Waals surface area contributed by atoms with E-state index in [1.54, 1.807) is 94.2 Å². The largest absolute Gasteiger partial charge is 0.507 e. The van der Waals surface area contributed by atoms with E-state index in [9.17, 15) is 9.59 Å². The molecule has 21 rings (SSSR count). The van der Waals surface area contributed by atoms with E-state index in [1.165, 1.54) is 61.9 Å². The minimum atomic E-state index is -0.990. The number of para-hydroxylation sites is 6. The molecular formula is C101H83Ir4N18O5-5. The molecule has 0 saturated carbocycles. The number of carboxylic acid groups (broad SMARTS) is 1. The second kappa shape index (κ2) is 47.5. The van der Waals surface area contributed by atoms with Gasteiger partial charge in [0.2, 0.25) is 0 Å². The molecule has 0 aliphatic heterocycles. The van der Waals surface area contributed by atoms with Gasteiger partial charge in [0.15, 0.2) is 6.29 Å². The molecule has 0 atom stereocenters. The summed E-state index contributed by atoms with van der Waals surface area (Å²) in [6.45, 7) is 14.0. The quantitative estimate of drug-likeness (QED) is 0.0581. The van der Waals surface area contributed by atoms with Gasteiger partial charge in [-0.15, -0.1) is 144 Å². The first-order chi connectivity index (χ1) is 60.9. The Balaban J connectivity index is 0.000000155. The molecular weight excluding hydrogens is 2310 g/mol. The molecule has 3 N–H and O–H groups in total. The Morgan fingerprint density at radius 2 is 0.695 bits per heavy atom. The van der Waals surface area contributed by atoms with Gasteiger partial charge >= 0.3 is 5.97 Å². The number of phenolic OH excluding ortho intramolecular Hbond substituents is 2. The van der Waals surface area contributed by atoms with Crippen molar-refractivity contribution in [3.63, 3.8) is 0 Å². The van der Waals surface area contributed by atoms with Crippen LogP contribution < -0.4 is 5.10 Å². The number of rotatable bonds is 12. The topological polar surface area (TPSA) is 296 Å². The summed E-state index contributed by atoms with van der Waals surface area (Å²) in [5.74, 6) is 0.583. The summed E-state index contributed by atoms with van der Waals surface area (Å²) in [5, 5.41) is 38.7. The van der Waals surface area contributed by atoms with Gasteiger partial charge in [0.25, 0.3) is 0 Å². The summed E-state index contributed by atoms with van der Waals surface area (Å²) in [6.07, 6.45) is 12.0. The van der Waals surface area contributed by atoms with Crippen LogP contribution in [0.4, 0.5) is 0 Å². The first-order valence-electron chi connectivity index (χ1n) is 40.0. The van der Waals surface area contributed by atoms with Crippen molar-refractivity contribution in [2.75, 3.05) is 7.05 Å². The second-order valence-corrected chi connectivity index (χ2v) is 27.4. The molecule has 0 fully saturated rings. The maximum atomic E-state index is 10.1. The maximum absolute atomic E-state index is 10.1. The molecule has 21 aromatic rings. The molecule has 11 aromatic heterocycles. The van der Waals surface area contributed by atoms with E-state index in [2.05, 4.69) is 237 Å². The van der Waals surface area contributed by atoms with Crippen LogP contribution in [0.15, 0.2) is 322 Å². The minimum Gasteiger partial charge on any atom is -0.507 e. The van der Waals surface area contributed by atoms with E-state index in [-0.39, 0.29) is 97.6 Å². The van der Waals surface area contributed by atoms with Crippen LogP contribution in [0.2, 0.25) is 0 Å². The Morgan fingerprint density at radius 1 is 0.383 bits per heavy atom. The van der Waals surface area contributed by atoms with Crippen LogP contribution in [-0.2, 0) is 107 Å². The Bertz CT molecular complexity index is 6560. The number of aliphatic imine (C=N–C) groups is 1. The second-order valence-electron chi connectivity index (χ2n) is 27.4. The Kier molecular flexibility index (Phi) is 35.8. The number of carbonyl (C=O) groups is 2. The van der Waals surface area contributed by atoms with Crippen molar-refractivity contribution in [3.8, 4) is 68.0 Å². The molecule has 648 valence electrons. The van der Waals surface area contributed by atoms with Gasteiger partial charge in [-0.1, -0.05) is 109 Å². The fraction of sp³-hybridized carbons (Fsp3) is 0.0990. The SMILES string of the molecule is CCn1c2ccccc2c2ncnc(-c3[c-]cccc3)c21.CCn1c2ccccc2c2ncnc(-c3[c-]cccc3)c21.CCn1c2ccccc2c2ncnc(-c3[c-]cccc3)c21.CCn1c2ccccc2c2ncnc(-c3[c-]cccc3)c21.CN=Cc1ccccc1O.Cc1n[n-]c(-c2ccccn2)n1.O=C(O)c1ccccn1.O=Cc1ccccc1O.[Ir].[Ir].[Ir].[Ir]. The van der Waals surface area contributed by atoms with Crippen LogP contribution in [0.25, 0.3) is 144 Å². The number of hydrogen-bond donors (Lipinski definition) is 3. The average molecular weight is 2400 g/mol. The third kappa shape index (κ3) is 22.1. The van der Waals surface area contributed by atoms with Gasteiger partial charge in [0.1, 0.15) is 42.5 Å². The summed E-state index contributed by atoms with van der Waals surface area (Å²) in [6, 6.07) is 102. The molecule has 0 saturated heterocycles. The molecule has 0 aliphatic rings. The number of carbonyl (C=O) groups excluding carboxylic acids is 1. The van der Waals surface area contributed by atoms with Crippen molar-refractivity contribution in [1.82, 2.24) is 83.3 Å². The maximum Gasteiger partial charge on any atom is 0.354 e. The van der Waals surface area contributed by atoms with Crippen LogP contribution in [-0.4, -0.2) is 119 Å². The number of benzene rings is 10. The van der Waals surface area contributed by atoms with Crippen LogP contribution in [0.1, 0.15) is 59.9 Å². The van der Waals surface area contributed by atoms with Crippen LogP contribution >= 0.6 is 0 Å². The van der Waals surface area contributed by atoms with E-state index in [1.807, 2.05) is 127 Å². The summed E-state index contributed by atoms with van der Waals surface area (Å²) in [7, 11) is 1.67. The molecule has 0 bridgehead atoms. The van der Waals surface area contributed by atoms with E-state index < -0.39 is 5.97 Å². The van der Waals surface area contributed by atoms with Gasteiger partial charge in [0, 0.05) is 188 Å². The zero-order chi connectivity index (χ0) is 86.1. The zero-order valence-electron chi connectivity index (χ0n) is 70.0.